The van der Waals surface area contributed by atoms with Crippen LogP contribution in [0.2, 0.25) is 0 Å². The van der Waals surface area contributed by atoms with Gasteiger partial charge in [0.25, 0.3) is 0 Å². The van der Waals surface area contributed by atoms with E-state index in [1.165, 1.54) is 46.1 Å². The van der Waals surface area contributed by atoms with Crippen molar-refractivity contribution in [3.05, 3.63) is 65.4 Å². The lowest BCUT2D eigenvalue weighted by molar-refractivity contribution is 0.0853. The summed E-state index contributed by atoms with van der Waals surface area (Å²) in [5.74, 6) is -1.08. The van der Waals surface area contributed by atoms with Gasteiger partial charge in [-0.15, -0.1) is 11.8 Å². The molecule has 0 unspecified atom stereocenters. The van der Waals surface area contributed by atoms with Gasteiger partial charge in [0.2, 0.25) is 0 Å². The summed E-state index contributed by atoms with van der Waals surface area (Å²) in [5, 5.41) is 1.68. The molecule has 0 aliphatic carbocycles. The second-order valence-electron chi connectivity index (χ2n) is 10.5. The molecule has 0 saturated carbocycles. The van der Waals surface area contributed by atoms with Gasteiger partial charge < -0.3 is 9.88 Å². The molecule has 1 aromatic heterocycles. The van der Waals surface area contributed by atoms with E-state index in [2.05, 4.69) is 46.0 Å². The SMILES string of the molecule is C[C@@H]1Cc2c([nH]c3ccccc23)CN1CC(C)(C)F.FCCCN1CC(Sc2cc(F)cc(F)c2)C1. The molecule has 36 heavy (non-hydrogen) atoms. The van der Waals surface area contributed by atoms with E-state index in [1.807, 2.05) is 0 Å². The van der Waals surface area contributed by atoms with Crippen LogP contribution in [0.25, 0.3) is 10.9 Å². The number of hydrogen-bond donors (Lipinski definition) is 1. The van der Waals surface area contributed by atoms with Crippen LogP contribution in [-0.4, -0.2) is 64.6 Å². The highest BCUT2D eigenvalue weighted by atomic mass is 32.2. The second kappa shape index (κ2) is 11.6. The van der Waals surface area contributed by atoms with Crippen LogP contribution in [0, 0.1) is 11.6 Å². The zero-order valence-corrected chi connectivity index (χ0v) is 22.0. The van der Waals surface area contributed by atoms with Crippen molar-refractivity contribution < 1.29 is 17.6 Å². The summed E-state index contributed by atoms with van der Waals surface area (Å²) in [4.78, 5) is 8.49. The summed E-state index contributed by atoms with van der Waals surface area (Å²) in [6.45, 7) is 9.01. The molecule has 3 nitrogen and oxygen atoms in total. The third-order valence-electron chi connectivity index (χ3n) is 6.64. The third kappa shape index (κ3) is 7.05. The number of aromatic amines is 1. The third-order valence-corrected chi connectivity index (χ3v) is 7.77. The average Bonchev–Trinajstić information content (AvgIpc) is 3.11. The summed E-state index contributed by atoms with van der Waals surface area (Å²) in [5.41, 5.74) is 2.72. The van der Waals surface area contributed by atoms with E-state index in [9.17, 15) is 17.6 Å². The summed E-state index contributed by atoms with van der Waals surface area (Å²) in [6, 6.07) is 12.4. The highest BCUT2D eigenvalue weighted by molar-refractivity contribution is 8.00. The van der Waals surface area contributed by atoms with Gasteiger partial charge in [-0.3, -0.25) is 9.29 Å². The van der Waals surface area contributed by atoms with Crippen LogP contribution >= 0.6 is 11.8 Å². The average molecular weight is 522 g/mol. The highest BCUT2D eigenvalue weighted by Gasteiger charge is 2.30. The number of benzene rings is 2. The molecule has 0 radical (unpaired) electrons. The van der Waals surface area contributed by atoms with Crippen molar-refractivity contribution in [2.24, 2.45) is 0 Å². The molecule has 2 aliphatic heterocycles. The van der Waals surface area contributed by atoms with Crippen LogP contribution in [0.3, 0.4) is 0 Å². The number of halogens is 4. The predicted octanol–water partition coefficient (Wildman–Crippen LogP) is 6.76. The van der Waals surface area contributed by atoms with Crippen molar-refractivity contribution in [1.29, 1.82) is 0 Å². The maximum absolute atomic E-state index is 13.9. The largest absolute Gasteiger partial charge is 0.357 e. The molecule has 0 bridgehead atoms. The number of alkyl halides is 2. The van der Waals surface area contributed by atoms with E-state index in [0.717, 1.165) is 38.7 Å². The van der Waals surface area contributed by atoms with Crippen molar-refractivity contribution in [2.75, 3.05) is 32.9 Å². The number of likely N-dealkylation sites (tertiary alicyclic amines) is 1. The van der Waals surface area contributed by atoms with Gasteiger partial charge in [-0.05, 0) is 57.4 Å². The maximum Gasteiger partial charge on any atom is 0.127 e. The van der Waals surface area contributed by atoms with E-state index < -0.39 is 17.3 Å². The summed E-state index contributed by atoms with van der Waals surface area (Å²) < 4.78 is 51.7. The minimum atomic E-state index is -1.14. The van der Waals surface area contributed by atoms with Gasteiger partial charge in [0.05, 0.1) is 6.67 Å². The fourth-order valence-electron chi connectivity index (χ4n) is 4.95. The fraction of sp³-hybridized carbons (Fsp3) is 0.500. The molecule has 1 N–H and O–H groups in total. The van der Waals surface area contributed by atoms with Crippen LogP contribution in [0.15, 0.2) is 47.4 Å². The number of rotatable bonds is 7. The number of aromatic nitrogens is 1. The molecule has 3 aromatic rings. The Morgan fingerprint density at radius 2 is 1.78 bits per heavy atom. The monoisotopic (exact) mass is 521 g/mol. The van der Waals surface area contributed by atoms with Crippen LogP contribution in [0.1, 0.15) is 38.4 Å². The lowest BCUT2D eigenvalue weighted by Crippen LogP contribution is -2.49. The highest BCUT2D eigenvalue weighted by Crippen LogP contribution is 2.32. The second-order valence-corrected chi connectivity index (χ2v) is 11.8. The summed E-state index contributed by atoms with van der Waals surface area (Å²) in [7, 11) is 0. The van der Waals surface area contributed by atoms with Gasteiger partial charge in [-0.1, -0.05) is 18.2 Å². The number of nitrogens with one attached hydrogen (secondary N) is 1. The normalized spacial score (nSPS) is 19.0. The van der Waals surface area contributed by atoms with Gasteiger partial charge in [0, 0.05) is 71.6 Å². The molecule has 196 valence electrons. The molecule has 2 aromatic carbocycles. The van der Waals surface area contributed by atoms with Crippen LogP contribution in [-0.2, 0) is 13.0 Å². The molecule has 1 saturated heterocycles. The fourth-order valence-corrected chi connectivity index (χ4v) is 6.27. The minimum absolute atomic E-state index is 0.288. The summed E-state index contributed by atoms with van der Waals surface area (Å²) in [6.07, 6.45) is 1.56. The quantitative estimate of drug-likeness (QED) is 0.347. The first-order valence-corrected chi connectivity index (χ1v) is 13.4. The van der Waals surface area contributed by atoms with Crippen molar-refractivity contribution in [2.45, 2.75) is 62.0 Å². The number of para-hydroxylation sites is 1. The zero-order valence-electron chi connectivity index (χ0n) is 21.2. The van der Waals surface area contributed by atoms with Gasteiger partial charge >= 0.3 is 0 Å². The minimum Gasteiger partial charge on any atom is -0.357 e. The van der Waals surface area contributed by atoms with E-state index in [1.54, 1.807) is 13.8 Å². The van der Waals surface area contributed by atoms with Crippen molar-refractivity contribution in [3.8, 4) is 0 Å². The molecule has 1 fully saturated rings. The van der Waals surface area contributed by atoms with Crippen LogP contribution < -0.4 is 0 Å². The van der Waals surface area contributed by atoms with Gasteiger partial charge in [-0.25, -0.2) is 13.2 Å². The first-order chi connectivity index (χ1) is 17.1. The Labute approximate surface area is 215 Å². The number of H-pyrrole nitrogens is 1. The Bertz CT molecular complexity index is 1130. The lowest BCUT2D eigenvalue weighted by Gasteiger charge is -2.38. The predicted molar refractivity (Wildman–Crippen MR) is 140 cm³/mol. The number of hydrogen-bond acceptors (Lipinski definition) is 3. The Hall–Kier alpha value is -2.03. The first-order valence-electron chi connectivity index (χ1n) is 12.5. The van der Waals surface area contributed by atoms with E-state index in [4.69, 9.17) is 0 Å². The first kappa shape index (κ1) is 27.0. The Morgan fingerprint density at radius 1 is 1.08 bits per heavy atom. The maximum atomic E-state index is 13.9. The molecule has 1 atom stereocenters. The van der Waals surface area contributed by atoms with Crippen molar-refractivity contribution in [3.63, 3.8) is 0 Å². The smallest absolute Gasteiger partial charge is 0.127 e. The molecular formula is C28H35F4N3S. The number of thioether (sulfide) groups is 1. The van der Waals surface area contributed by atoms with Gasteiger partial charge in [0.1, 0.15) is 17.3 Å². The number of fused-ring (bicyclic) bond motifs is 3. The van der Waals surface area contributed by atoms with Gasteiger partial charge in [0.15, 0.2) is 0 Å². The van der Waals surface area contributed by atoms with Crippen LogP contribution in [0.4, 0.5) is 17.6 Å². The Kier molecular flexibility index (Phi) is 8.68. The molecule has 2 aliphatic rings. The van der Waals surface area contributed by atoms with E-state index >= 15 is 0 Å². The van der Waals surface area contributed by atoms with Crippen molar-refractivity contribution >= 4 is 22.7 Å². The number of nitrogens with zero attached hydrogens (tertiary/aromatic N) is 2. The van der Waals surface area contributed by atoms with E-state index in [-0.39, 0.29) is 6.67 Å². The van der Waals surface area contributed by atoms with E-state index in [0.29, 0.717) is 29.2 Å². The Morgan fingerprint density at radius 3 is 2.44 bits per heavy atom. The lowest BCUT2D eigenvalue weighted by atomic mass is 9.96. The summed E-state index contributed by atoms with van der Waals surface area (Å²) >= 11 is 1.48. The molecular weight excluding hydrogens is 486 g/mol. The molecule has 3 heterocycles. The van der Waals surface area contributed by atoms with Gasteiger partial charge in [-0.2, -0.15) is 0 Å². The van der Waals surface area contributed by atoms with Crippen LogP contribution in [0.5, 0.6) is 0 Å². The standard InChI is InChI=1S/C16H21FN2.C12H14F3NS/c1-11-8-13-12-6-4-5-7-14(12)18-15(13)9-19(11)10-16(2,3)17;13-2-1-3-16-7-12(8-16)17-11-5-9(14)4-10(15)6-11/h4-7,11,18H,8-10H2,1-3H3;4-6,12H,1-3,7-8H2/t11-;/m1./s1. The molecule has 5 rings (SSSR count). The molecule has 0 spiro atoms. The van der Waals surface area contributed by atoms with Crippen molar-refractivity contribution in [1.82, 2.24) is 14.8 Å². The Balaban J connectivity index is 0.000000170. The molecule has 8 heteroatoms. The topological polar surface area (TPSA) is 22.3 Å². The molecule has 0 amide bonds. The zero-order chi connectivity index (χ0) is 25.9.